The first-order valence-corrected chi connectivity index (χ1v) is 5.12. The lowest BCUT2D eigenvalue weighted by Crippen LogP contribution is -2.31. The minimum absolute atomic E-state index is 0.818. The van der Waals surface area contributed by atoms with E-state index in [0.29, 0.717) is 0 Å². The van der Waals surface area contributed by atoms with Gasteiger partial charge in [-0.05, 0) is 12.8 Å². The van der Waals surface area contributed by atoms with Gasteiger partial charge in [0.25, 0.3) is 0 Å². The molecule has 1 heterocycles. The molecule has 0 saturated heterocycles. The van der Waals surface area contributed by atoms with Crippen LogP contribution in [0, 0.1) is 0 Å². The highest BCUT2D eigenvalue weighted by atomic mass is 15.3. The molecule has 68 valence electrons. The molecule has 0 aromatic carbocycles. The first-order valence-electron chi connectivity index (χ1n) is 5.12. The molecule has 0 aromatic rings. The maximum atomic E-state index is 3.24. The Morgan fingerprint density at radius 1 is 1.08 bits per heavy atom. The van der Waals surface area contributed by atoms with Crippen molar-refractivity contribution >= 4 is 0 Å². The third kappa shape index (κ3) is 1.74. The summed E-state index contributed by atoms with van der Waals surface area (Å²) in [6.45, 7) is 1.03. The summed E-state index contributed by atoms with van der Waals surface area (Å²) in [7, 11) is 0. The van der Waals surface area contributed by atoms with Crippen molar-refractivity contribution in [1.29, 1.82) is 0 Å². The van der Waals surface area contributed by atoms with E-state index < -0.39 is 0 Å². The zero-order valence-corrected chi connectivity index (χ0v) is 7.63. The fraction of sp³-hybridized carbons (Fsp3) is 0.800. The van der Waals surface area contributed by atoms with Gasteiger partial charge in [-0.2, -0.15) is 0 Å². The van der Waals surface area contributed by atoms with Gasteiger partial charge >= 0.3 is 0 Å². The Labute approximate surface area is 74.6 Å². The summed E-state index contributed by atoms with van der Waals surface area (Å²) in [4.78, 5) is 2.45. The predicted molar refractivity (Wildman–Crippen MR) is 50.5 cm³/mol. The molecule has 0 atom stereocenters. The van der Waals surface area contributed by atoms with Crippen LogP contribution in [0.15, 0.2) is 12.4 Å². The van der Waals surface area contributed by atoms with Crippen LogP contribution in [0.3, 0.4) is 0 Å². The van der Waals surface area contributed by atoms with E-state index in [1.54, 1.807) is 0 Å². The Hall–Kier alpha value is -0.660. The van der Waals surface area contributed by atoms with Gasteiger partial charge in [0.2, 0.25) is 0 Å². The zero-order valence-electron chi connectivity index (χ0n) is 7.63. The van der Waals surface area contributed by atoms with E-state index in [-0.39, 0.29) is 0 Å². The number of nitrogens with one attached hydrogen (secondary N) is 1. The molecular weight excluding hydrogens is 148 g/mol. The molecule has 2 rings (SSSR count). The van der Waals surface area contributed by atoms with Gasteiger partial charge in [-0.25, -0.2) is 0 Å². The maximum Gasteiger partial charge on any atom is 0.0870 e. The predicted octanol–water partition coefficient (Wildman–Crippen LogP) is 2.04. The van der Waals surface area contributed by atoms with Gasteiger partial charge in [-0.1, -0.05) is 25.7 Å². The molecule has 0 radical (unpaired) electrons. The normalized spacial score (nSPS) is 25.5. The number of rotatable bonds is 1. The van der Waals surface area contributed by atoms with Crippen molar-refractivity contribution in [2.45, 2.75) is 44.6 Å². The summed E-state index contributed by atoms with van der Waals surface area (Å²) in [6, 6.07) is 0.818. The van der Waals surface area contributed by atoms with Crippen molar-refractivity contribution in [1.82, 2.24) is 10.2 Å². The van der Waals surface area contributed by atoms with Crippen LogP contribution in [0.1, 0.15) is 38.5 Å². The Balaban J connectivity index is 1.87. The summed E-state index contributed by atoms with van der Waals surface area (Å²) in [5, 5.41) is 3.24. The molecule has 2 aliphatic rings. The van der Waals surface area contributed by atoms with Crippen molar-refractivity contribution < 1.29 is 0 Å². The highest BCUT2D eigenvalue weighted by molar-refractivity contribution is 4.91. The van der Waals surface area contributed by atoms with E-state index in [2.05, 4.69) is 22.6 Å². The molecule has 0 spiro atoms. The number of nitrogens with zero attached hydrogens (tertiary/aromatic N) is 1. The molecule has 1 N–H and O–H groups in total. The number of hydrogen-bond acceptors (Lipinski definition) is 2. The summed E-state index contributed by atoms with van der Waals surface area (Å²) in [6.07, 6.45) is 12.8. The first kappa shape index (κ1) is 7.96. The third-order valence-corrected chi connectivity index (χ3v) is 2.95. The van der Waals surface area contributed by atoms with E-state index in [4.69, 9.17) is 0 Å². The minimum Gasteiger partial charge on any atom is -0.373 e. The Morgan fingerprint density at radius 3 is 2.42 bits per heavy atom. The van der Waals surface area contributed by atoms with Gasteiger partial charge in [-0.15, -0.1) is 0 Å². The van der Waals surface area contributed by atoms with Crippen LogP contribution in [0.4, 0.5) is 0 Å². The molecule has 0 aromatic heterocycles. The van der Waals surface area contributed by atoms with Crippen molar-refractivity contribution in [3.8, 4) is 0 Å². The summed E-state index contributed by atoms with van der Waals surface area (Å²) < 4.78 is 0. The average Bonchev–Trinajstić information content (AvgIpc) is 2.48. The molecule has 12 heavy (non-hydrogen) atoms. The molecule has 0 bridgehead atoms. The lowest BCUT2D eigenvalue weighted by Gasteiger charge is -2.25. The SMILES string of the molecule is C1=CN(C2CCCCCC2)CN1. The van der Waals surface area contributed by atoms with E-state index in [0.717, 1.165) is 12.7 Å². The molecule has 2 heteroatoms. The van der Waals surface area contributed by atoms with Crippen LogP contribution in [0.25, 0.3) is 0 Å². The van der Waals surface area contributed by atoms with Crippen molar-refractivity contribution in [3.63, 3.8) is 0 Å². The molecule has 2 nitrogen and oxygen atoms in total. The standard InChI is InChI=1S/C10H18N2/c1-2-4-6-10(5-3-1)12-8-7-11-9-12/h7-8,10-11H,1-6,9H2. The summed E-state index contributed by atoms with van der Waals surface area (Å²) in [5.74, 6) is 0. The topological polar surface area (TPSA) is 15.3 Å². The van der Waals surface area contributed by atoms with E-state index in [9.17, 15) is 0 Å². The molecule has 1 aliphatic heterocycles. The fourth-order valence-corrected chi connectivity index (χ4v) is 2.20. The van der Waals surface area contributed by atoms with Crippen LogP contribution in [0.5, 0.6) is 0 Å². The smallest absolute Gasteiger partial charge is 0.0870 e. The van der Waals surface area contributed by atoms with Gasteiger partial charge in [0.1, 0.15) is 0 Å². The van der Waals surface area contributed by atoms with Gasteiger partial charge < -0.3 is 10.2 Å². The van der Waals surface area contributed by atoms with Gasteiger partial charge in [0.05, 0.1) is 6.67 Å². The molecule has 0 amide bonds. The second-order valence-electron chi connectivity index (χ2n) is 3.84. The molecule has 0 unspecified atom stereocenters. The third-order valence-electron chi connectivity index (χ3n) is 2.95. The van der Waals surface area contributed by atoms with Crippen LogP contribution >= 0.6 is 0 Å². The van der Waals surface area contributed by atoms with Gasteiger partial charge in [0, 0.05) is 18.4 Å². The van der Waals surface area contributed by atoms with E-state index >= 15 is 0 Å². The minimum atomic E-state index is 0.818. The molecular formula is C10H18N2. The first-order chi connectivity index (χ1) is 5.97. The van der Waals surface area contributed by atoms with Crippen molar-refractivity contribution in [2.24, 2.45) is 0 Å². The Kier molecular flexibility index (Phi) is 2.54. The van der Waals surface area contributed by atoms with Gasteiger partial charge in [0.15, 0.2) is 0 Å². The lowest BCUT2D eigenvalue weighted by molar-refractivity contribution is 0.262. The molecule has 1 aliphatic carbocycles. The Bertz CT molecular complexity index is 157. The van der Waals surface area contributed by atoms with Crippen molar-refractivity contribution in [3.05, 3.63) is 12.4 Å². The van der Waals surface area contributed by atoms with Crippen LogP contribution < -0.4 is 5.32 Å². The summed E-state index contributed by atoms with van der Waals surface area (Å²) >= 11 is 0. The second kappa shape index (κ2) is 3.83. The van der Waals surface area contributed by atoms with E-state index in [1.165, 1.54) is 38.5 Å². The summed E-state index contributed by atoms with van der Waals surface area (Å²) in [5.41, 5.74) is 0. The maximum absolute atomic E-state index is 3.24. The van der Waals surface area contributed by atoms with Gasteiger partial charge in [-0.3, -0.25) is 0 Å². The number of hydrogen-bond donors (Lipinski definition) is 1. The fourth-order valence-electron chi connectivity index (χ4n) is 2.20. The quantitative estimate of drug-likeness (QED) is 0.600. The Morgan fingerprint density at radius 2 is 1.83 bits per heavy atom. The van der Waals surface area contributed by atoms with E-state index in [1.807, 2.05) is 0 Å². The van der Waals surface area contributed by atoms with Crippen molar-refractivity contribution in [2.75, 3.05) is 6.67 Å². The lowest BCUT2D eigenvalue weighted by atomic mass is 10.1. The zero-order chi connectivity index (χ0) is 8.23. The second-order valence-corrected chi connectivity index (χ2v) is 3.84. The average molecular weight is 166 g/mol. The monoisotopic (exact) mass is 166 g/mol. The largest absolute Gasteiger partial charge is 0.373 e. The van der Waals surface area contributed by atoms with Crippen LogP contribution in [0.2, 0.25) is 0 Å². The molecule has 1 saturated carbocycles. The van der Waals surface area contributed by atoms with Crippen LogP contribution in [-0.2, 0) is 0 Å². The molecule has 1 fully saturated rings. The van der Waals surface area contributed by atoms with Crippen LogP contribution in [-0.4, -0.2) is 17.6 Å². The highest BCUT2D eigenvalue weighted by Crippen LogP contribution is 2.22. The highest BCUT2D eigenvalue weighted by Gasteiger charge is 2.18.